The summed E-state index contributed by atoms with van der Waals surface area (Å²) in [5.74, 6) is 0.572. The number of nitrogens with one attached hydrogen (secondary N) is 1. The van der Waals surface area contributed by atoms with E-state index in [2.05, 4.69) is 53.0 Å². The summed E-state index contributed by atoms with van der Waals surface area (Å²) < 4.78 is 2.40. The van der Waals surface area contributed by atoms with E-state index in [4.69, 9.17) is 5.73 Å². The molecular formula is C20H32N4. The van der Waals surface area contributed by atoms with Crippen molar-refractivity contribution in [3.05, 3.63) is 35.5 Å². The summed E-state index contributed by atoms with van der Waals surface area (Å²) in [5, 5.41) is 4.87. The SMILES string of the molecule is CC(C)c1ccc2c(c1)c(CCN1CCNCC1)cn2CCCN. The van der Waals surface area contributed by atoms with Gasteiger partial charge in [0, 0.05) is 56.4 Å². The van der Waals surface area contributed by atoms with Gasteiger partial charge in [-0.15, -0.1) is 0 Å². The topological polar surface area (TPSA) is 46.2 Å². The van der Waals surface area contributed by atoms with Crippen LogP contribution in [-0.4, -0.2) is 48.7 Å². The largest absolute Gasteiger partial charge is 0.347 e. The lowest BCUT2D eigenvalue weighted by atomic mass is 10.00. The fourth-order valence-corrected chi connectivity index (χ4v) is 3.61. The molecule has 0 spiro atoms. The van der Waals surface area contributed by atoms with Crippen LogP contribution in [-0.2, 0) is 13.0 Å². The highest BCUT2D eigenvalue weighted by Crippen LogP contribution is 2.27. The average molecular weight is 329 g/mol. The fourth-order valence-electron chi connectivity index (χ4n) is 3.61. The summed E-state index contributed by atoms with van der Waals surface area (Å²) in [6.07, 6.45) is 4.53. The van der Waals surface area contributed by atoms with Gasteiger partial charge in [0.1, 0.15) is 0 Å². The van der Waals surface area contributed by atoms with Gasteiger partial charge < -0.3 is 20.5 Å². The van der Waals surface area contributed by atoms with Crippen molar-refractivity contribution in [2.45, 2.75) is 39.2 Å². The van der Waals surface area contributed by atoms with Crippen LogP contribution in [0.2, 0.25) is 0 Å². The summed E-state index contributed by atoms with van der Waals surface area (Å²) in [5.41, 5.74) is 10.0. The van der Waals surface area contributed by atoms with E-state index >= 15 is 0 Å². The second kappa shape index (κ2) is 8.15. The lowest BCUT2D eigenvalue weighted by molar-refractivity contribution is 0.244. The zero-order valence-corrected chi connectivity index (χ0v) is 15.2. The number of hydrogen-bond donors (Lipinski definition) is 2. The third kappa shape index (κ3) is 4.00. The minimum atomic E-state index is 0.572. The molecule has 0 atom stereocenters. The summed E-state index contributed by atoms with van der Waals surface area (Å²) in [6.45, 7) is 12.0. The van der Waals surface area contributed by atoms with Gasteiger partial charge >= 0.3 is 0 Å². The van der Waals surface area contributed by atoms with Crippen LogP contribution in [0.3, 0.4) is 0 Å². The van der Waals surface area contributed by atoms with Crippen LogP contribution in [0.4, 0.5) is 0 Å². The Morgan fingerprint density at radius 2 is 1.96 bits per heavy atom. The van der Waals surface area contributed by atoms with Crippen molar-refractivity contribution in [1.82, 2.24) is 14.8 Å². The van der Waals surface area contributed by atoms with Crippen LogP contribution >= 0.6 is 0 Å². The molecule has 0 radical (unpaired) electrons. The van der Waals surface area contributed by atoms with E-state index in [0.29, 0.717) is 5.92 Å². The van der Waals surface area contributed by atoms with Gasteiger partial charge in [-0.05, 0) is 48.6 Å². The number of benzene rings is 1. The number of fused-ring (bicyclic) bond motifs is 1. The van der Waals surface area contributed by atoms with Crippen molar-refractivity contribution in [3.63, 3.8) is 0 Å². The molecule has 0 unspecified atom stereocenters. The van der Waals surface area contributed by atoms with Gasteiger partial charge in [-0.3, -0.25) is 0 Å². The molecule has 0 aliphatic carbocycles. The molecule has 0 amide bonds. The smallest absolute Gasteiger partial charge is 0.0483 e. The highest BCUT2D eigenvalue weighted by atomic mass is 15.2. The maximum atomic E-state index is 5.72. The average Bonchev–Trinajstić information content (AvgIpc) is 2.96. The predicted molar refractivity (Wildman–Crippen MR) is 103 cm³/mol. The number of aryl methyl sites for hydroxylation is 1. The minimum Gasteiger partial charge on any atom is -0.347 e. The molecule has 1 aromatic carbocycles. The Kier molecular flexibility index (Phi) is 5.93. The maximum Gasteiger partial charge on any atom is 0.0483 e. The van der Waals surface area contributed by atoms with Gasteiger partial charge in [-0.2, -0.15) is 0 Å². The third-order valence-corrected chi connectivity index (χ3v) is 5.16. The van der Waals surface area contributed by atoms with E-state index < -0.39 is 0 Å². The molecule has 1 aliphatic heterocycles. The number of piperazine rings is 1. The highest BCUT2D eigenvalue weighted by molar-refractivity contribution is 5.85. The molecule has 1 aliphatic rings. The second-order valence-corrected chi connectivity index (χ2v) is 7.26. The van der Waals surface area contributed by atoms with E-state index in [1.54, 1.807) is 0 Å². The Balaban J connectivity index is 1.84. The van der Waals surface area contributed by atoms with Crippen molar-refractivity contribution in [2.75, 3.05) is 39.3 Å². The zero-order chi connectivity index (χ0) is 16.9. The van der Waals surface area contributed by atoms with E-state index in [0.717, 1.165) is 45.6 Å². The number of rotatable bonds is 7. The van der Waals surface area contributed by atoms with Gasteiger partial charge in [0.05, 0.1) is 0 Å². The predicted octanol–water partition coefficient (Wildman–Crippen LogP) is 2.56. The quantitative estimate of drug-likeness (QED) is 0.821. The third-order valence-electron chi connectivity index (χ3n) is 5.16. The Bertz CT molecular complexity index is 653. The maximum absolute atomic E-state index is 5.72. The van der Waals surface area contributed by atoms with Crippen LogP contribution in [0, 0.1) is 0 Å². The van der Waals surface area contributed by atoms with E-state index in [1.165, 1.54) is 35.1 Å². The zero-order valence-electron chi connectivity index (χ0n) is 15.2. The fraction of sp³-hybridized carbons (Fsp3) is 0.600. The standard InChI is InChI=1S/C20H32N4/c1-16(2)17-4-5-20-19(14-17)18(15-24(20)10-3-7-21)6-11-23-12-8-22-9-13-23/h4-5,14-16,22H,3,6-13,21H2,1-2H3. The second-order valence-electron chi connectivity index (χ2n) is 7.26. The molecule has 2 aromatic rings. The monoisotopic (exact) mass is 328 g/mol. The molecule has 132 valence electrons. The number of nitrogens with two attached hydrogens (primary N) is 1. The molecule has 4 nitrogen and oxygen atoms in total. The molecule has 0 saturated carbocycles. The molecule has 1 saturated heterocycles. The van der Waals surface area contributed by atoms with Crippen molar-refractivity contribution in [3.8, 4) is 0 Å². The van der Waals surface area contributed by atoms with Crippen LogP contribution < -0.4 is 11.1 Å². The molecule has 1 fully saturated rings. The summed E-state index contributed by atoms with van der Waals surface area (Å²) >= 11 is 0. The van der Waals surface area contributed by atoms with Gasteiger partial charge in [0.15, 0.2) is 0 Å². The van der Waals surface area contributed by atoms with Crippen molar-refractivity contribution < 1.29 is 0 Å². The van der Waals surface area contributed by atoms with Gasteiger partial charge in [-0.25, -0.2) is 0 Å². The molecule has 3 rings (SSSR count). The lowest BCUT2D eigenvalue weighted by Gasteiger charge is -2.27. The normalized spacial score (nSPS) is 16.3. The highest BCUT2D eigenvalue weighted by Gasteiger charge is 2.13. The molecule has 2 heterocycles. The minimum absolute atomic E-state index is 0.572. The van der Waals surface area contributed by atoms with Crippen LogP contribution in [0.5, 0.6) is 0 Å². The molecule has 3 N–H and O–H groups in total. The van der Waals surface area contributed by atoms with Crippen molar-refractivity contribution in [2.24, 2.45) is 5.73 Å². The van der Waals surface area contributed by atoms with Gasteiger partial charge in [-0.1, -0.05) is 19.9 Å². The molecule has 4 heteroatoms. The Morgan fingerprint density at radius 1 is 1.17 bits per heavy atom. The van der Waals surface area contributed by atoms with Crippen LogP contribution in [0.1, 0.15) is 37.3 Å². The number of nitrogens with zero attached hydrogens (tertiary/aromatic N) is 2. The van der Waals surface area contributed by atoms with E-state index in [-0.39, 0.29) is 0 Å². The first kappa shape index (κ1) is 17.5. The van der Waals surface area contributed by atoms with E-state index in [1.807, 2.05) is 0 Å². The Hall–Kier alpha value is -1.36. The van der Waals surface area contributed by atoms with E-state index in [9.17, 15) is 0 Å². The first-order valence-corrected chi connectivity index (χ1v) is 9.44. The Labute approximate surface area is 146 Å². The first-order valence-electron chi connectivity index (χ1n) is 9.44. The van der Waals surface area contributed by atoms with Gasteiger partial charge in [0.2, 0.25) is 0 Å². The first-order chi connectivity index (χ1) is 11.7. The summed E-state index contributed by atoms with van der Waals surface area (Å²) in [7, 11) is 0. The van der Waals surface area contributed by atoms with Crippen molar-refractivity contribution in [1.29, 1.82) is 0 Å². The summed E-state index contributed by atoms with van der Waals surface area (Å²) in [4.78, 5) is 2.58. The number of aromatic nitrogens is 1. The molecule has 0 bridgehead atoms. The van der Waals surface area contributed by atoms with Gasteiger partial charge in [0.25, 0.3) is 0 Å². The number of hydrogen-bond acceptors (Lipinski definition) is 3. The lowest BCUT2D eigenvalue weighted by Crippen LogP contribution is -2.44. The summed E-state index contributed by atoms with van der Waals surface area (Å²) in [6, 6.07) is 6.99. The molecule has 24 heavy (non-hydrogen) atoms. The Morgan fingerprint density at radius 3 is 2.67 bits per heavy atom. The van der Waals surface area contributed by atoms with Crippen molar-refractivity contribution >= 4 is 10.9 Å². The van der Waals surface area contributed by atoms with Crippen LogP contribution in [0.15, 0.2) is 24.4 Å². The molecule has 1 aromatic heterocycles. The van der Waals surface area contributed by atoms with Crippen LogP contribution in [0.25, 0.3) is 10.9 Å². The molecular weight excluding hydrogens is 296 g/mol.